The number of hydrogen-bond acceptors (Lipinski definition) is 3. The molecule has 0 fully saturated rings. The lowest BCUT2D eigenvalue weighted by Gasteiger charge is -2.15. The summed E-state index contributed by atoms with van der Waals surface area (Å²) in [7, 11) is 0. The molecule has 0 aliphatic carbocycles. The van der Waals surface area contributed by atoms with Gasteiger partial charge in [-0.15, -0.1) is 0 Å². The molecule has 0 amide bonds. The Morgan fingerprint density at radius 3 is 2.53 bits per heavy atom. The van der Waals surface area contributed by atoms with Crippen molar-refractivity contribution < 1.29 is 0 Å². The molecule has 4 rings (SSSR count). The first-order valence-corrected chi connectivity index (χ1v) is 10.4. The first-order valence-electron chi connectivity index (χ1n) is 10.1. The Bertz CT molecular complexity index is 1140. The van der Waals surface area contributed by atoms with Crippen molar-refractivity contribution in [1.29, 1.82) is 0 Å². The molecule has 2 aromatic heterocycles. The maximum absolute atomic E-state index is 6.75. The molecule has 2 heterocycles. The van der Waals surface area contributed by atoms with Crippen LogP contribution in [-0.2, 0) is 6.54 Å². The molecule has 0 spiro atoms. The number of rotatable bonds is 6. The average molecular weight is 420 g/mol. The van der Waals surface area contributed by atoms with Gasteiger partial charge in [-0.05, 0) is 62.6 Å². The molecule has 2 aromatic carbocycles. The zero-order chi connectivity index (χ0) is 21.3. The van der Waals surface area contributed by atoms with Gasteiger partial charge in [0.05, 0.1) is 17.7 Å². The molecule has 0 saturated carbocycles. The summed E-state index contributed by atoms with van der Waals surface area (Å²) in [5.74, 6) is 0. The Morgan fingerprint density at radius 1 is 1.07 bits per heavy atom. The summed E-state index contributed by atoms with van der Waals surface area (Å²) in [6.45, 7) is 8.98. The Balaban J connectivity index is 1.50. The van der Waals surface area contributed by atoms with Crippen molar-refractivity contribution in [2.45, 2.75) is 40.3 Å². The van der Waals surface area contributed by atoms with Gasteiger partial charge in [-0.25, -0.2) is 9.67 Å². The van der Waals surface area contributed by atoms with E-state index in [1.807, 2.05) is 22.4 Å². The van der Waals surface area contributed by atoms with Gasteiger partial charge >= 0.3 is 0 Å². The SMILES string of the molecule is Cc1ccc(C)c(-n2nc(C)c(CN[C@@H](C)c3ccc(-n4ccnc4)cc3)c2Cl)c1. The highest BCUT2D eigenvalue weighted by Gasteiger charge is 2.17. The minimum Gasteiger partial charge on any atom is -0.306 e. The van der Waals surface area contributed by atoms with E-state index in [1.165, 1.54) is 11.1 Å². The summed E-state index contributed by atoms with van der Waals surface area (Å²) in [6.07, 6.45) is 5.52. The highest BCUT2D eigenvalue weighted by molar-refractivity contribution is 6.30. The van der Waals surface area contributed by atoms with E-state index in [2.05, 4.69) is 73.5 Å². The van der Waals surface area contributed by atoms with E-state index < -0.39 is 0 Å². The summed E-state index contributed by atoms with van der Waals surface area (Å²) in [5.41, 5.74) is 7.64. The van der Waals surface area contributed by atoms with Crippen LogP contribution >= 0.6 is 11.6 Å². The third-order valence-electron chi connectivity index (χ3n) is 5.50. The van der Waals surface area contributed by atoms with Crippen LogP contribution in [-0.4, -0.2) is 19.3 Å². The smallest absolute Gasteiger partial charge is 0.137 e. The number of halogens is 1. The zero-order valence-electron chi connectivity index (χ0n) is 17.7. The van der Waals surface area contributed by atoms with Crippen LogP contribution in [0.3, 0.4) is 0 Å². The van der Waals surface area contributed by atoms with Crippen LogP contribution in [0.15, 0.2) is 61.2 Å². The molecular formula is C24H26ClN5. The fourth-order valence-corrected chi connectivity index (χ4v) is 3.89. The standard InChI is InChI=1S/C24H26ClN5/c1-16-5-6-17(2)23(13-16)30-24(25)22(19(4)28-30)14-27-18(3)20-7-9-21(10-8-20)29-12-11-26-15-29/h5-13,15,18,27H,14H2,1-4H3/t18-/m0/s1. The van der Waals surface area contributed by atoms with Crippen LogP contribution in [0, 0.1) is 20.8 Å². The highest BCUT2D eigenvalue weighted by Crippen LogP contribution is 2.26. The molecule has 6 heteroatoms. The van der Waals surface area contributed by atoms with E-state index >= 15 is 0 Å². The number of benzene rings is 2. The van der Waals surface area contributed by atoms with Gasteiger partial charge in [-0.3, -0.25) is 0 Å². The fraction of sp³-hybridized carbons (Fsp3) is 0.250. The van der Waals surface area contributed by atoms with Crippen molar-refractivity contribution in [3.8, 4) is 11.4 Å². The maximum Gasteiger partial charge on any atom is 0.137 e. The molecule has 154 valence electrons. The Labute approximate surface area is 182 Å². The number of nitrogens with zero attached hydrogens (tertiary/aromatic N) is 4. The van der Waals surface area contributed by atoms with Gasteiger partial charge in [-0.1, -0.05) is 35.9 Å². The Hall–Kier alpha value is -2.89. The molecule has 0 saturated heterocycles. The molecule has 0 radical (unpaired) electrons. The van der Waals surface area contributed by atoms with E-state index in [0.29, 0.717) is 11.7 Å². The summed E-state index contributed by atoms with van der Waals surface area (Å²) >= 11 is 6.75. The molecule has 30 heavy (non-hydrogen) atoms. The van der Waals surface area contributed by atoms with Crippen molar-refractivity contribution in [2.24, 2.45) is 0 Å². The topological polar surface area (TPSA) is 47.7 Å². The largest absolute Gasteiger partial charge is 0.306 e. The number of hydrogen-bond donors (Lipinski definition) is 1. The van der Waals surface area contributed by atoms with Gasteiger partial charge in [0.2, 0.25) is 0 Å². The summed E-state index contributed by atoms with van der Waals surface area (Å²) in [5, 5.41) is 8.96. The number of aromatic nitrogens is 4. The number of imidazole rings is 1. The predicted octanol–water partition coefficient (Wildman–Crippen LogP) is 5.49. The van der Waals surface area contributed by atoms with Crippen molar-refractivity contribution in [2.75, 3.05) is 0 Å². The summed E-state index contributed by atoms with van der Waals surface area (Å²) < 4.78 is 3.84. The average Bonchev–Trinajstić information content (AvgIpc) is 3.37. The molecule has 0 aliphatic heterocycles. The van der Waals surface area contributed by atoms with Gasteiger partial charge in [0.1, 0.15) is 5.15 Å². The van der Waals surface area contributed by atoms with Crippen LogP contribution < -0.4 is 5.32 Å². The van der Waals surface area contributed by atoms with Crippen LogP contribution in [0.1, 0.15) is 40.9 Å². The monoisotopic (exact) mass is 419 g/mol. The van der Waals surface area contributed by atoms with Gasteiger partial charge in [-0.2, -0.15) is 5.10 Å². The molecule has 4 aromatic rings. The van der Waals surface area contributed by atoms with Gasteiger partial charge < -0.3 is 9.88 Å². The minimum absolute atomic E-state index is 0.182. The van der Waals surface area contributed by atoms with Crippen molar-refractivity contribution in [1.82, 2.24) is 24.6 Å². The van der Waals surface area contributed by atoms with Crippen LogP contribution in [0.25, 0.3) is 11.4 Å². The molecule has 0 unspecified atom stereocenters. The quantitative estimate of drug-likeness (QED) is 0.449. The summed E-state index contributed by atoms with van der Waals surface area (Å²) in [6, 6.07) is 15.0. The maximum atomic E-state index is 6.75. The molecule has 5 nitrogen and oxygen atoms in total. The molecule has 0 bridgehead atoms. The lowest BCUT2D eigenvalue weighted by molar-refractivity contribution is 0.573. The van der Waals surface area contributed by atoms with Crippen LogP contribution in [0.4, 0.5) is 0 Å². The second-order valence-corrected chi connectivity index (χ2v) is 8.08. The van der Waals surface area contributed by atoms with Gasteiger partial charge in [0.15, 0.2) is 0 Å². The lowest BCUT2D eigenvalue weighted by atomic mass is 10.1. The summed E-state index contributed by atoms with van der Waals surface area (Å²) in [4.78, 5) is 4.10. The Kier molecular flexibility index (Phi) is 5.75. The normalized spacial score (nSPS) is 12.3. The van der Waals surface area contributed by atoms with Gasteiger partial charge in [0.25, 0.3) is 0 Å². The van der Waals surface area contributed by atoms with E-state index in [0.717, 1.165) is 28.2 Å². The number of aryl methyl sites for hydroxylation is 3. The van der Waals surface area contributed by atoms with E-state index in [-0.39, 0.29) is 6.04 Å². The molecule has 1 atom stereocenters. The number of nitrogens with one attached hydrogen (secondary N) is 1. The van der Waals surface area contributed by atoms with Crippen molar-refractivity contribution in [3.05, 3.63) is 94.3 Å². The van der Waals surface area contributed by atoms with Crippen molar-refractivity contribution >= 4 is 11.6 Å². The zero-order valence-corrected chi connectivity index (χ0v) is 18.5. The lowest BCUT2D eigenvalue weighted by Crippen LogP contribution is -2.18. The Morgan fingerprint density at radius 2 is 1.83 bits per heavy atom. The van der Waals surface area contributed by atoms with E-state index in [4.69, 9.17) is 16.7 Å². The van der Waals surface area contributed by atoms with E-state index in [9.17, 15) is 0 Å². The van der Waals surface area contributed by atoms with Crippen molar-refractivity contribution in [3.63, 3.8) is 0 Å². The van der Waals surface area contributed by atoms with Crippen LogP contribution in [0.2, 0.25) is 5.15 Å². The molecular weight excluding hydrogens is 394 g/mol. The highest BCUT2D eigenvalue weighted by atomic mass is 35.5. The fourth-order valence-electron chi connectivity index (χ4n) is 3.56. The second-order valence-electron chi connectivity index (χ2n) is 7.72. The van der Waals surface area contributed by atoms with Crippen LogP contribution in [0.5, 0.6) is 0 Å². The molecule has 1 N–H and O–H groups in total. The van der Waals surface area contributed by atoms with Gasteiger partial charge in [0, 0.05) is 36.2 Å². The minimum atomic E-state index is 0.182. The molecule has 0 aliphatic rings. The predicted molar refractivity (Wildman–Crippen MR) is 122 cm³/mol. The third-order valence-corrected chi connectivity index (χ3v) is 5.88. The third kappa shape index (κ3) is 4.04. The first kappa shape index (κ1) is 20.4. The van der Waals surface area contributed by atoms with E-state index in [1.54, 1.807) is 12.5 Å². The second kappa shape index (κ2) is 8.46. The first-order chi connectivity index (χ1) is 14.4.